The third kappa shape index (κ3) is 4.22. The molecule has 2 N–H and O–H groups in total. The minimum atomic E-state index is -0.0957. The fourth-order valence-electron chi connectivity index (χ4n) is 3.30. The monoisotopic (exact) mass is 324 g/mol. The lowest BCUT2D eigenvalue weighted by Crippen LogP contribution is -2.46. The first-order chi connectivity index (χ1) is 10.3. The molecule has 1 aromatic rings. The highest BCUT2D eigenvalue weighted by Crippen LogP contribution is 2.33. The highest BCUT2D eigenvalue weighted by molar-refractivity contribution is 5.85. The minimum absolute atomic E-state index is 0. The second-order valence-corrected chi connectivity index (χ2v) is 5.98. The Morgan fingerprint density at radius 1 is 1.14 bits per heavy atom. The van der Waals surface area contributed by atoms with Gasteiger partial charge in [-0.25, -0.2) is 0 Å². The van der Waals surface area contributed by atoms with Gasteiger partial charge in [-0.15, -0.1) is 12.4 Å². The van der Waals surface area contributed by atoms with Crippen LogP contribution in [-0.4, -0.2) is 31.6 Å². The molecule has 2 aliphatic heterocycles. The van der Waals surface area contributed by atoms with Gasteiger partial charge < -0.3 is 15.4 Å². The van der Waals surface area contributed by atoms with E-state index >= 15 is 0 Å². The number of benzene rings is 1. The summed E-state index contributed by atoms with van der Waals surface area (Å²) in [7, 11) is 0. The first kappa shape index (κ1) is 17.3. The summed E-state index contributed by atoms with van der Waals surface area (Å²) in [5.41, 5.74) is 1.11. The Balaban J connectivity index is 0.00000176. The van der Waals surface area contributed by atoms with Crippen molar-refractivity contribution in [1.82, 2.24) is 10.6 Å². The smallest absolute Gasteiger partial charge is 0.226 e. The molecule has 2 unspecified atom stereocenters. The van der Waals surface area contributed by atoms with Crippen molar-refractivity contribution in [3.8, 4) is 0 Å². The molecule has 3 rings (SSSR count). The van der Waals surface area contributed by atoms with Crippen molar-refractivity contribution in [2.24, 2.45) is 5.92 Å². The number of hydrogen-bond acceptors (Lipinski definition) is 3. The van der Waals surface area contributed by atoms with Gasteiger partial charge in [-0.05, 0) is 44.3 Å². The van der Waals surface area contributed by atoms with Gasteiger partial charge in [0.15, 0.2) is 0 Å². The van der Waals surface area contributed by atoms with E-state index < -0.39 is 0 Å². The summed E-state index contributed by atoms with van der Waals surface area (Å²) in [4.78, 5) is 12.6. The van der Waals surface area contributed by atoms with Gasteiger partial charge in [0.2, 0.25) is 5.91 Å². The van der Waals surface area contributed by atoms with E-state index in [9.17, 15) is 4.79 Å². The molecule has 4 nitrogen and oxygen atoms in total. The Hall–Kier alpha value is -1.10. The zero-order valence-electron chi connectivity index (χ0n) is 12.8. The Bertz CT molecular complexity index is 463. The van der Waals surface area contributed by atoms with Crippen LogP contribution in [0.3, 0.4) is 0 Å². The first-order valence-corrected chi connectivity index (χ1v) is 8.02. The van der Waals surface area contributed by atoms with E-state index in [4.69, 9.17) is 4.74 Å². The Labute approximate surface area is 138 Å². The Morgan fingerprint density at radius 3 is 2.59 bits per heavy atom. The summed E-state index contributed by atoms with van der Waals surface area (Å²) in [5.74, 6) is 0.103. The van der Waals surface area contributed by atoms with Crippen LogP contribution in [0, 0.1) is 5.92 Å². The van der Waals surface area contributed by atoms with E-state index in [1.807, 2.05) is 18.2 Å². The van der Waals surface area contributed by atoms with Crippen LogP contribution < -0.4 is 10.6 Å². The van der Waals surface area contributed by atoms with Gasteiger partial charge in [0.05, 0.1) is 12.0 Å². The lowest BCUT2D eigenvalue weighted by molar-refractivity contribution is -0.135. The van der Waals surface area contributed by atoms with Crippen molar-refractivity contribution in [3.63, 3.8) is 0 Å². The van der Waals surface area contributed by atoms with Gasteiger partial charge in [0.25, 0.3) is 0 Å². The van der Waals surface area contributed by atoms with Crippen LogP contribution in [-0.2, 0) is 9.53 Å². The van der Waals surface area contributed by atoms with Gasteiger partial charge in [0, 0.05) is 12.6 Å². The van der Waals surface area contributed by atoms with E-state index in [1.54, 1.807) is 0 Å². The maximum atomic E-state index is 12.6. The lowest BCUT2D eigenvalue weighted by atomic mass is 9.88. The average Bonchev–Trinajstić information content (AvgIpc) is 2.56. The number of carbonyl (C=O) groups is 1. The number of nitrogens with one attached hydrogen (secondary N) is 2. The molecule has 0 aliphatic carbocycles. The molecule has 2 saturated heterocycles. The molecule has 2 heterocycles. The molecular weight excluding hydrogens is 300 g/mol. The Morgan fingerprint density at radius 2 is 1.86 bits per heavy atom. The van der Waals surface area contributed by atoms with Crippen molar-refractivity contribution in [3.05, 3.63) is 35.9 Å². The number of rotatable bonds is 3. The molecule has 122 valence electrons. The van der Waals surface area contributed by atoms with Crippen LogP contribution in [0.2, 0.25) is 0 Å². The van der Waals surface area contributed by atoms with Crippen LogP contribution in [0.1, 0.15) is 37.4 Å². The van der Waals surface area contributed by atoms with E-state index in [0.29, 0.717) is 6.04 Å². The van der Waals surface area contributed by atoms with Crippen molar-refractivity contribution in [2.75, 3.05) is 19.7 Å². The molecule has 2 atom stereocenters. The molecule has 1 aromatic carbocycles. The van der Waals surface area contributed by atoms with Crippen LogP contribution >= 0.6 is 12.4 Å². The third-order valence-electron chi connectivity index (χ3n) is 4.47. The highest BCUT2D eigenvalue weighted by Gasteiger charge is 2.33. The normalized spacial score (nSPS) is 26.0. The number of amides is 1. The van der Waals surface area contributed by atoms with E-state index in [-0.39, 0.29) is 30.3 Å². The van der Waals surface area contributed by atoms with Crippen LogP contribution in [0.15, 0.2) is 30.3 Å². The number of carbonyl (C=O) groups excluding carboxylic acids is 1. The number of hydrogen-bond donors (Lipinski definition) is 2. The molecule has 0 bridgehead atoms. The maximum Gasteiger partial charge on any atom is 0.226 e. The molecule has 0 saturated carbocycles. The van der Waals surface area contributed by atoms with E-state index in [1.165, 1.54) is 0 Å². The third-order valence-corrected chi connectivity index (χ3v) is 4.47. The molecule has 22 heavy (non-hydrogen) atoms. The van der Waals surface area contributed by atoms with Crippen molar-refractivity contribution < 1.29 is 9.53 Å². The zero-order chi connectivity index (χ0) is 14.5. The highest BCUT2D eigenvalue weighted by atomic mass is 35.5. The second kappa shape index (κ2) is 8.51. The lowest BCUT2D eigenvalue weighted by Gasteiger charge is -2.33. The quantitative estimate of drug-likeness (QED) is 0.898. The summed E-state index contributed by atoms with van der Waals surface area (Å²) in [5, 5.41) is 6.56. The summed E-state index contributed by atoms with van der Waals surface area (Å²) in [6.45, 7) is 2.74. The largest absolute Gasteiger partial charge is 0.373 e. The van der Waals surface area contributed by atoms with Gasteiger partial charge in [-0.3, -0.25) is 4.79 Å². The topological polar surface area (TPSA) is 50.4 Å². The molecule has 0 spiro atoms. The van der Waals surface area contributed by atoms with Gasteiger partial charge in [0.1, 0.15) is 0 Å². The SMILES string of the molecule is Cl.O=C(NC1CCNCC1)C1CCCOC1c1ccccc1. The molecule has 0 aromatic heterocycles. The van der Waals surface area contributed by atoms with E-state index in [2.05, 4.69) is 22.8 Å². The summed E-state index contributed by atoms with van der Waals surface area (Å²) in [6.07, 6.45) is 3.83. The summed E-state index contributed by atoms with van der Waals surface area (Å²) < 4.78 is 5.91. The van der Waals surface area contributed by atoms with Crippen LogP contribution in [0.4, 0.5) is 0 Å². The number of ether oxygens (including phenoxy) is 1. The predicted molar refractivity (Wildman–Crippen MR) is 89.1 cm³/mol. The second-order valence-electron chi connectivity index (χ2n) is 5.98. The molecule has 5 heteroatoms. The standard InChI is InChI=1S/C17H24N2O2.ClH/c20-17(19-14-8-10-18-11-9-14)15-7-4-12-21-16(15)13-5-2-1-3-6-13;/h1-3,5-6,14-16,18H,4,7-12H2,(H,19,20);1H. The van der Waals surface area contributed by atoms with Crippen molar-refractivity contribution >= 4 is 18.3 Å². The van der Waals surface area contributed by atoms with Crippen molar-refractivity contribution in [2.45, 2.75) is 37.8 Å². The van der Waals surface area contributed by atoms with Gasteiger partial charge in [-0.2, -0.15) is 0 Å². The fourth-order valence-corrected chi connectivity index (χ4v) is 3.30. The van der Waals surface area contributed by atoms with Crippen molar-refractivity contribution in [1.29, 1.82) is 0 Å². The maximum absolute atomic E-state index is 12.6. The van der Waals surface area contributed by atoms with Gasteiger partial charge in [-0.1, -0.05) is 30.3 Å². The number of piperidine rings is 1. The molecule has 1 amide bonds. The Kier molecular flexibility index (Phi) is 6.68. The molecule has 2 aliphatic rings. The first-order valence-electron chi connectivity index (χ1n) is 8.02. The fraction of sp³-hybridized carbons (Fsp3) is 0.588. The molecular formula is C17H25ClN2O2. The predicted octanol–water partition coefficient (Wildman–Crippen LogP) is 2.44. The summed E-state index contributed by atoms with van der Waals surface area (Å²) >= 11 is 0. The molecule has 2 fully saturated rings. The van der Waals surface area contributed by atoms with Crippen LogP contribution in [0.25, 0.3) is 0 Å². The average molecular weight is 325 g/mol. The minimum Gasteiger partial charge on any atom is -0.373 e. The summed E-state index contributed by atoms with van der Waals surface area (Å²) in [6, 6.07) is 10.4. The van der Waals surface area contributed by atoms with Gasteiger partial charge >= 0.3 is 0 Å². The number of halogens is 1. The molecule has 0 radical (unpaired) electrons. The van der Waals surface area contributed by atoms with E-state index in [0.717, 1.165) is 50.9 Å². The zero-order valence-corrected chi connectivity index (χ0v) is 13.6. The van der Waals surface area contributed by atoms with Crippen LogP contribution in [0.5, 0.6) is 0 Å².